The Morgan fingerprint density at radius 3 is 2.31 bits per heavy atom. The topological polar surface area (TPSA) is 84.9 Å². The van der Waals surface area contributed by atoms with E-state index >= 15 is 0 Å². The minimum absolute atomic E-state index is 0.0402. The number of ether oxygens (including phenoxy) is 2. The van der Waals surface area contributed by atoms with Gasteiger partial charge in [-0.25, -0.2) is 4.79 Å². The van der Waals surface area contributed by atoms with Crippen molar-refractivity contribution in [3.8, 4) is 11.1 Å². The maximum atomic E-state index is 12.6. The average molecular weight is 395 g/mol. The summed E-state index contributed by atoms with van der Waals surface area (Å²) in [6.07, 6.45) is 0.395. The summed E-state index contributed by atoms with van der Waals surface area (Å²) in [5.41, 5.74) is 3.58. The fourth-order valence-corrected chi connectivity index (χ4v) is 4.50. The highest BCUT2D eigenvalue weighted by Gasteiger charge is 2.41. The van der Waals surface area contributed by atoms with Crippen LogP contribution >= 0.6 is 0 Å². The van der Waals surface area contributed by atoms with E-state index in [9.17, 15) is 14.7 Å². The molecule has 0 spiro atoms. The van der Waals surface area contributed by atoms with E-state index in [0.29, 0.717) is 13.0 Å². The van der Waals surface area contributed by atoms with Crippen molar-refractivity contribution in [1.29, 1.82) is 0 Å². The maximum Gasteiger partial charge on any atom is 0.407 e. The van der Waals surface area contributed by atoms with Crippen LogP contribution in [0.25, 0.3) is 11.1 Å². The summed E-state index contributed by atoms with van der Waals surface area (Å²) >= 11 is 0. The Morgan fingerprint density at radius 2 is 1.76 bits per heavy atom. The van der Waals surface area contributed by atoms with Crippen LogP contribution in [0.3, 0.4) is 0 Å². The standard InChI is InChI=1S/C23H25NO5/c1-23(13-21(25)26,20-11-6-12-28-20)24-22(27)29-14-19-17-9-4-2-7-15(17)16-8-3-5-10-18(16)19/h2-5,7-10,19-20H,6,11-14H2,1H3,(H,24,27)(H,25,26). The second kappa shape index (κ2) is 7.87. The molecule has 4 rings (SSSR count). The number of alkyl carbamates (subject to hydrolysis) is 1. The summed E-state index contributed by atoms with van der Waals surface area (Å²) in [5, 5.41) is 12.1. The van der Waals surface area contributed by atoms with Crippen molar-refractivity contribution in [2.75, 3.05) is 13.2 Å². The van der Waals surface area contributed by atoms with E-state index in [4.69, 9.17) is 9.47 Å². The second-order valence-electron chi connectivity index (χ2n) is 7.94. The summed E-state index contributed by atoms with van der Waals surface area (Å²) < 4.78 is 11.2. The van der Waals surface area contributed by atoms with Crippen LogP contribution in [0, 0.1) is 0 Å². The molecule has 1 fully saturated rings. The van der Waals surface area contributed by atoms with Crippen LogP contribution < -0.4 is 5.32 Å². The van der Waals surface area contributed by atoms with Gasteiger partial charge in [0.25, 0.3) is 0 Å². The van der Waals surface area contributed by atoms with Gasteiger partial charge in [0.15, 0.2) is 0 Å². The van der Waals surface area contributed by atoms with Gasteiger partial charge in [-0.1, -0.05) is 48.5 Å². The summed E-state index contributed by atoms with van der Waals surface area (Å²) in [5.74, 6) is -1.02. The third-order valence-electron chi connectivity index (χ3n) is 5.89. The molecule has 6 heteroatoms. The first-order valence-electron chi connectivity index (χ1n) is 9.94. The third kappa shape index (κ3) is 3.85. The summed E-state index contributed by atoms with van der Waals surface area (Å²) in [6, 6.07) is 16.3. The molecule has 1 amide bonds. The third-order valence-corrected chi connectivity index (χ3v) is 5.89. The molecule has 0 bridgehead atoms. The van der Waals surface area contributed by atoms with E-state index in [0.717, 1.165) is 28.7 Å². The molecule has 0 aromatic heterocycles. The van der Waals surface area contributed by atoms with Crippen LogP contribution in [-0.4, -0.2) is 42.0 Å². The highest BCUT2D eigenvalue weighted by atomic mass is 16.6. The van der Waals surface area contributed by atoms with Gasteiger partial charge in [0.2, 0.25) is 0 Å². The Labute approximate surface area is 169 Å². The van der Waals surface area contributed by atoms with E-state index in [-0.39, 0.29) is 25.0 Å². The fourth-order valence-electron chi connectivity index (χ4n) is 4.50. The molecule has 152 valence electrons. The van der Waals surface area contributed by atoms with Crippen molar-refractivity contribution < 1.29 is 24.2 Å². The Bertz CT molecular complexity index is 875. The summed E-state index contributed by atoms with van der Waals surface area (Å²) in [4.78, 5) is 23.9. The van der Waals surface area contributed by atoms with E-state index in [1.807, 2.05) is 24.3 Å². The van der Waals surface area contributed by atoms with Gasteiger partial charge < -0.3 is 19.9 Å². The molecular weight excluding hydrogens is 370 g/mol. The number of carbonyl (C=O) groups is 2. The monoisotopic (exact) mass is 395 g/mol. The summed E-state index contributed by atoms with van der Waals surface area (Å²) in [7, 11) is 0. The van der Waals surface area contributed by atoms with Gasteiger partial charge in [-0.2, -0.15) is 0 Å². The smallest absolute Gasteiger partial charge is 0.407 e. The molecule has 0 saturated carbocycles. The lowest BCUT2D eigenvalue weighted by atomic mass is 9.89. The first-order chi connectivity index (χ1) is 14.0. The minimum atomic E-state index is -1.01. The Kier molecular flexibility index (Phi) is 5.28. The van der Waals surface area contributed by atoms with Crippen molar-refractivity contribution in [3.05, 3.63) is 59.7 Å². The fraction of sp³-hybridized carbons (Fsp3) is 0.391. The Hall–Kier alpha value is -2.86. The van der Waals surface area contributed by atoms with Gasteiger partial charge in [-0.15, -0.1) is 0 Å². The Morgan fingerprint density at radius 1 is 1.14 bits per heavy atom. The van der Waals surface area contributed by atoms with Gasteiger partial charge in [0.1, 0.15) is 6.61 Å². The molecule has 1 aliphatic carbocycles. The van der Waals surface area contributed by atoms with E-state index < -0.39 is 17.6 Å². The highest BCUT2D eigenvalue weighted by Crippen LogP contribution is 2.44. The lowest BCUT2D eigenvalue weighted by Gasteiger charge is -2.34. The predicted octanol–water partition coefficient (Wildman–Crippen LogP) is 3.94. The van der Waals surface area contributed by atoms with Crippen molar-refractivity contribution in [1.82, 2.24) is 5.32 Å². The quantitative estimate of drug-likeness (QED) is 0.774. The molecule has 6 nitrogen and oxygen atoms in total. The average Bonchev–Trinajstić information content (AvgIpc) is 3.33. The molecule has 2 aliphatic rings. The minimum Gasteiger partial charge on any atom is -0.481 e. The van der Waals surface area contributed by atoms with E-state index in [2.05, 4.69) is 29.6 Å². The van der Waals surface area contributed by atoms with Gasteiger partial charge in [-0.3, -0.25) is 4.79 Å². The number of aliphatic carboxylic acids is 1. The molecule has 0 radical (unpaired) electrons. The molecule has 1 saturated heterocycles. The Balaban J connectivity index is 1.47. The number of carboxylic acids is 1. The molecule has 2 aromatic rings. The van der Waals surface area contributed by atoms with Gasteiger partial charge in [0.05, 0.1) is 18.1 Å². The van der Waals surface area contributed by atoms with Crippen LogP contribution in [0.2, 0.25) is 0 Å². The van der Waals surface area contributed by atoms with Crippen molar-refractivity contribution in [2.24, 2.45) is 0 Å². The lowest BCUT2D eigenvalue weighted by molar-refractivity contribution is -0.140. The number of amides is 1. The number of carboxylic acid groups (broad SMARTS) is 1. The lowest BCUT2D eigenvalue weighted by Crippen LogP contribution is -2.55. The van der Waals surface area contributed by atoms with Crippen LogP contribution in [0.4, 0.5) is 4.79 Å². The van der Waals surface area contributed by atoms with Gasteiger partial charge >= 0.3 is 12.1 Å². The van der Waals surface area contributed by atoms with Crippen LogP contribution in [0.15, 0.2) is 48.5 Å². The summed E-state index contributed by atoms with van der Waals surface area (Å²) in [6.45, 7) is 2.47. The molecule has 2 unspecified atom stereocenters. The number of hydrogen-bond donors (Lipinski definition) is 2. The van der Waals surface area contributed by atoms with Crippen molar-refractivity contribution in [3.63, 3.8) is 0 Å². The van der Waals surface area contributed by atoms with Crippen molar-refractivity contribution in [2.45, 2.75) is 43.7 Å². The van der Waals surface area contributed by atoms with E-state index in [1.165, 1.54) is 0 Å². The molecule has 1 heterocycles. The second-order valence-corrected chi connectivity index (χ2v) is 7.94. The van der Waals surface area contributed by atoms with E-state index in [1.54, 1.807) is 6.92 Å². The maximum absolute atomic E-state index is 12.6. The molecule has 2 aromatic carbocycles. The normalized spacial score (nSPS) is 19.8. The molecule has 29 heavy (non-hydrogen) atoms. The predicted molar refractivity (Wildman–Crippen MR) is 108 cm³/mol. The van der Waals surface area contributed by atoms with Crippen LogP contribution in [-0.2, 0) is 14.3 Å². The number of carbonyl (C=O) groups excluding carboxylic acids is 1. The SMILES string of the molecule is CC(CC(=O)O)(NC(=O)OCC1c2ccccc2-c2ccccc21)C1CCCO1. The first-order valence-corrected chi connectivity index (χ1v) is 9.94. The molecule has 1 aliphatic heterocycles. The zero-order valence-corrected chi connectivity index (χ0v) is 16.4. The van der Waals surface area contributed by atoms with Gasteiger partial charge in [-0.05, 0) is 42.0 Å². The van der Waals surface area contributed by atoms with Gasteiger partial charge in [0, 0.05) is 12.5 Å². The first kappa shape index (κ1) is 19.5. The largest absolute Gasteiger partial charge is 0.481 e. The number of benzene rings is 2. The zero-order valence-electron chi connectivity index (χ0n) is 16.4. The van der Waals surface area contributed by atoms with Crippen LogP contribution in [0.1, 0.15) is 43.2 Å². The number of hydrogen-bond acceptors (Lipinski definition) is 4. The van der Waals surface area contributed by atoms with Crippen LogP contribution in [0.5, 0.6) is 0 Å². The number of fused-ring (bicyclic) bond motifs is 3. The molecule has 2 N–H and O–H groups in total. The molecular formula is C23H25NO5. The number of rotatable bonds is 6. The number of nitrogens with one attached hydrogen (secondary N) is 1. The zero-order chi connectivity index (χ0) is 20.4. The van der Waals surface area contributed by atoms with Crippen molar-refractivity contribution >= 4 is 12.1 Å². The molecule has 2 atom stereocenters. The highest BCUT2D eigenvalue weighted by molar-refractivity contribution is 5.79.